The van der Waals surface area contributed by atoms with Gasteiger partial charge in [-0.15, -0.1) is 0 Å². The van der Waals surface area contributed by atoms with Gasteiger partial charge in [0.1, 0.15) is 6.04 Å². The Morgan fingerprint density at radius 2 is 1.86 bits per heavy atom. The maximum atomic E-state index is 14.8. The summed E-state index contributed by atoms with van der Waals surface area (Å²) in [7, 11) is -4.11. The number of fused-ring (bicyclic) bond motifs is 1. The Hall–Kier alpha value is -1.13. The first kappa shape index (κ1) is 21.6. The van der Waals surface area contributed by atoms with E-state index < -0.39 is 33.3 Å². The molecule has 1 aromatic heterocycles. The van der Waals surface area contributed by atoms with E-state index in [2.05, 4.69) is 15.9 Å². The number of benzene rings is 1. The summed E-state index contributed by atoms with van der Waals surface area (Å²) in [6.07, 6.45) is -2.98. The molecule has 1 saturated carbocycles. The Morgan fingerprint density at radius 1 is 1.25 bits per heavy atom. The fourth-order valence-corrected chi connectivity index (χ4v) is 5.03. The number of aromatic nitrogens is 1. The van der Waals surface area contributed by atoms with Crippen molar-refractivity contribution in [3.8, 4) is 0 Å². The number of hydrogen-bond acceptors (Lipinski definition) is 2. The Balaban J connectivity index is 2.20. The molecule has 1 heterocycles. The lowest BCUT2D eigenvalue weighted by Crippen LogP contribution is -2.39. The molecule has 1 aliphatic rings. The number of hydrogen-bond donors (Lipinski definition) is 1. The summed E-state index contributed by atoms with van der Waals surface area (Å²) in [6.45, 7) is 5.90. The summed E-state index contributed by atoms with van der Waals surface area (Å²) in [5.41, 5.74) is -0.624. The summed E-state index contributed by atoms with van der Waals surface area (Å²) >= 11 is 3.07. The highest BCUT2D eigenvalue weighted by atomic mass is 79.9. The Labute approximate surface area is 169 Å². The van der Waals surface area contributed by atoms with Crippen LogP contribution in [0.5, 0.6) is 0 Å². The predicted octanol–water partition coefficient (Wildman–Crippen LogP) is 5.27. The summed E-state index contributed by atoms with van der Waals surface area (Å²) in [4.78, 5) is 0. The van der Waals surface area contributed by atoms with Crippen molar-refractivity contribution in [2.24, 2.45) is 5.41 Å². The molecule has 0 radical (unpaired) electrons. The van der Waals surface area contributed by atoms with Gasteiger partial charge in [0.2, 0.25) is 10.0 Å². The van der Waals surface area contributed by atoms with Gasteiger partial charge in [0.15, 0.2) is 5.82 Å². The van der Waals surface area contributed by atoms with Crippen molar-refractivity contribution >= 4 is 36.9 Å². The average Bonchev–Trinajstić information content (AvgIpc) is 3.31. The first-order chi connectivity index (χ1) is 12.7. The van der Waals surface area contributed by atoms with E-state index in [0.717, 1.165) is 0 Å². The van der Waals surface area contributed by atoms with Crippen LogP contribution in [-0.4, -0.2) is 24.4 Å². The highest BCUT2D eigenvalue weighted by Crippen LogP contribution is 2.41. The van der Waals surface area contributed by atoms with Crippen LogP contribution in [0, 0.1) is 11.2 Å². The Kier molecular flexibility index (Phi) is 5.38. The first-order valence-corrected chi connectivity index (χ1v) is 11.1. The summed E-state index contributed by atoms with van der Waals surface area (Å²) in [5, 5.41) is -0.767. The molecule has 0 amide bonds. The quantitative estimate of drug-likeness (QED) is 0.587. The molecule has 4 nitrogen and oxygen atoms in total. The monoisotopic (exact) mass is 484 g/mol. The van der Waals surface area contributed by atoms with E-state index in [1.165, 1.54) is 22.9 Å². The number of rotatable bonds is 5. The zero-order valence-electron chi connectivity index (χ0n) is 15.6. The number of sulfonamides is 1. The van der Waals surface area contributed by atoms with Crippen LogP contribution < -0.4 is 4.72 Å². The van der Waals surface area contributed by atoms with E-state index >= 15 is 0 Å². The van der Waals surface area contributed by atoms with E-state index in [9.17, 15) is 26.0 Å². The van der Waals surface area contributed by atoms with Crippen molar-refractivity contribution in [3.05, 3.63) is 34.2 Å². The highest BCUT2D eigenvalue weighted by molar-refractivity contribution is 9.10. The normalized spacial score (nSPS) is 17.3. The molecule has 1 aromatic carbocycles. The minimum Gasteiger partial charge on any atom is -0.344 e. The van der Waals surface area contributed by atoms with Crippen LogP contribution in [0.4, 0.5) is 17.6 Å². The average molecular weight is 485 g/mol. The molecule has 1 atom stereocenters. The van der Waals surface area contributed by atoms with E-state index in [-0.39, 0.29) is 32.9 Å². The van der Waals surface area contributed by atoms with E-state index in [0.29, 0.717) is 12.8 Å². The number of alkyl halides is 3. The molecule has 1 aliphatic carbocycles. The fraction of sp³-hybridized carbons (Fsp3) is 0.556. The topological polar surface area (TPSA) is 51.1 Å². The van der Waals surface area contributed by atoms with Crippen LogP contribution in [0.25, 0.3) is 10.9 Å². The molecule has 28 heavy (non-hydrogen) atoms. The molecule has 1 fully saturated rings. The molecule has 156 valence electrons. The lowest BCUT2D eigenvalue weighted by atomic mass is 9.97. The van der Waals surface area contributed by atoms with Crippen LogP contribution in [0.15, 0.2) is 22.8 Å². The Morgan fingerprint density at radius 3 is 2.36 bits per heavy atom. The molecular formula is C18H21BrF4N2O2S. The smallest absolute Gasteiger partial charge is 0.344 e. The van der Waals surface area contributed by atoms with Gasteiger partial charge in [-0.1, -0.05) is 26.8 Å². The van der Waals surface area contributed by atoms with Gasteiger partial charge in [0.05, 0.1) is 15.2 Å². The first-order valence-electron chi connectivity index (χ1n) is 8.75. The van der Waals surface area contributed by atoms with Crippen LogP contribution in [0.2, 0.25) is 0 Å². The minimum atomic E-state index is -4.87. The molecule has 3 rings (SSSR count). The van der Waals surface area contributed by atoms with Gasteiger partial charge < -0.3 is 4.57 Å². The molecule has 0 bridgehead atoms. The fourth-order valence-electron chi connectivity index (χ4n) is 3.17. The molecule has 2 aromatic rings. The third-order valence-electron chi connectivity index (χ3n) is 4.49. The number of nitrogens with one attached hydrogen (secondary N) is 1. The van der Waals surface area contributed by atoms with Gasteiger partial charge >= 0.3 is 6.18 Å². The maximum absolute atomic E-state index is 14.8. The third kappa shape index (κ3) is 4.38. The lowest BCUT2D eigenvalue weighted by Gasteiger charge is -2.22. The number of nitrogens with zero attached hydrogens (tertiary/aromatic N) is 1. The zero-order chi connectivity index (χ0) is 21.1. The van der Waals surface area contributed by atoms with E-state index in [1.807, 2.05) is 25.5 Å². The zero-order valence-corrected chi connectivity index (χ0v) is 18.0. The second kappa shape index (κ2) is 6.98. The van der Waals surface area contributed by atoms with Crippen LogP contribution in [0.1, 0.15) is 45.2 Å². The number of halogens is 5. The van der Waals surface area contributed by atoms with Gasteiger partial charge in [-0.2, -0.15) is 17.9 Å². The summed E-state index contributed by atoms with van der Waals surface area (Å²) in [5.74, 6) is -0.682. The van der Waals surface area contributed by atoms with Crippen molar-refractivity contribution < 1.29 is 26.0 Å². The molecule has 1 unspecified atom stereocenters. The van der Waals surface area contributed by atoms with E-state index in [1.54, 1.807) is 0 Å². The molecule has 10 heteroatoms. The van der Waals surface area contributed by atoms with Crippen molar-refractivity contribution in [3.63, 3.8) is 0 Å². The molecule has 1 N–H and O–H groups in total. The third-order valence-corrected chi connectivity index (χ3v) is 7.02. The Bertz CT molecular complexity index is 1010. The van der Waals surface area contributed by atoms with Gasteiger partial charge in [-0.05, 0) is 40.3 Å². The van der Waals surface area contributed by atoms with Gasteiger partial charge in [0.25, 0.3) is 0 Å². The second-order valence-corrected chi connectivity index (χ2v) is 11.2. The van der Waals surface area contributed by atoms with Crippen molar-refractivity contribution in [2.45, 2.75) is 57.6 Å². The van der Waals surface area contributed by atoms with E-state index in [4.69, 9.17) is 0 Å². The summed E-state index contributed by atoms with van der Waals surface area (Å²) < 4.78 is 84.1. The van der Waals surface area contributed by atoms with Crippen molar-refractivity contribution in [1.82, 2.24) is 9.29 Å². The summed E-state index contributed by atoms with van der Waals surface area (Å²) in [6, 6.07) is 0.259. The van der Waals surface area contributed by atoms with Gasteiger partial charge in [-0.3, -0.25) is 0 Å². The standard InChI is InChI=1S/C18H21BrF4N2O2S/c1-17(2,3)9-25-8-12(11-6-7-13(19)14(20)15(11)25)16(18(21,22)23)24-28(26,27)10-4-5-10/h6-8,10,16,24H,4-5,9H2,1-3H3. The largest absolute Gasteiger partial charge is 0.408 e. The predicted molar refractivity (Wildman–Crippen MR) is 103 cm³/mol. The molecule has 0 saturated heterocycles. The van der Waals surface area contributed by atoms with Crippen molar-refractivity contribution in [1.29, 1.82) is 0 Å². The lowest BCUT2D eigenvalue weighted by molar-refractivity contribution is -0.152. The van der Waals surface area contributed by atoms with Crippen molar-refractivity contribution in [2.75, 3.05) is 0 Å². The SMILES string of the molecule is CC(C)(C)Cn1cc(C(NS(=O)(=O)C2CC2)C(F)(F)F)c2ccc(Br)c(F)c21. The molecule has 0 spiro atoms. The second-order valence-electron chi connectivity index (χ2n) is 8.37. The maximum Gasteiger partial charge on any atom is 0.408 e. The highest BCUT2D eigenvalue weighted by Gasteiger charge is 2.48. The van der Waals surface area contributed by atoms with Crippen LogP contribution in [-0.2, 0) is 16.6 Å². The van der Waals surface area contributed by atoms with Crippen LogP contribution in [0.3, 0.4) is 0 Å². The van der Waals surface area contributed by atoms with Gasteiger partial charge in [-0.25, -0.2) is 12.8 Å². The van der Waals surface area contributed by atoms with Crippen LogP contribution >= 0.6 is 15.9 Å². The van der Waals surface area contributed by atoms with Gasteiger partial charge in [0, 0.05) is 23.7 Å². The molecular weight excluding hydrogens is 464 g/mol. The minimum absolute atomic E-state index is 0.0131. The molecule has 0 aliphatic heterocycles.